The fraction of sp³-hybridized carbons (Fsp3) is 0.647. The minimum absolute atomic E-state index is 0.0476. The van der Waals surface area contributed by atoms with Crippen LogP contribution in [0.2, 0.25) is 0 Å². The van der Waals surface area contributed by atoms with Crippen molar-refractivity contribution in [2.75, 3.05) is 12.9 Å². The highest BCUT2D eigenvalue weighted by Gasteiger charge is 2.52. The molecule has 5 nitrogen and oxygen atoms in total. The number of ether oxygens (including phenoxy) is 1. The number of hydrogen-bond acceptors (Lipinski definition) is 5. The summed E-state index contributed by atoms with van der Waals surface area (Å²) < 4.78 is 41.3. The highest BCUT2D eigenvalue weighted by molar-refractivity contribution is 7.91. The van der Waals surface area contributed by atoms with E-state index in [9.17, 15) is 8.42 Å². The molecular formula is C17H29BO5S. The standard InChI is InChI=1S/C15H23BO5S.C2H6/c1-7-22(17,18)11-8-9-12(13(10-11)19-6)16-20-14(2,3)15(4,5)21-16;1-2/h8-10H,7H2,1-6H3;1-2H3. The van der Waals surface area contributed by atoms with Crippen LogP contribution in [0.4, 0.5) is 0 Å². The van der Waals surface area contributed by atoms with Gasteiger partial charge in [-0.05, 0) is 39.8 Å². The van der Waals surface area contributed by atoms with Crippen LogP contribution >= 0.6 is 0 Å². The Kier molecular flexibility index (Phi) is 6.52. The fourth-order valence-corrected chi connectivity index (χ4v) is 3.11. The summed E-state index contributed by atoms with van der Waals surface area (Å²) in [5, 5.41) is 0. The molecule has 7 heteroatoms. The predicted octanol–water partition coefficient (Wildman–Crippen LogP) is 2.81. The molecule has 1 aromatic rings. The van der Waals surface area contributed by atoms with Gasteiger partial charge in [0.05, 0.1) is 29.0 Å². The molecule has 0 unspecified atom stereocenters. The molecule has 0 atom stereocenters. The molecule has 0 radical (unpaired) electrons. The van der Waals surface area contributed by atoms with Crippen LogP contribution in [0.25, 0.3) is 0 Å². The molecule has 24 heavy (non-hydrogen) atoms. The van der Waals surface area contributed by atoms with E-state index in [0.29, 0.717) is 11.2 Å². The van der Waals surface area contributed by atoms with Gasteiger partial charge in [-0.3, -0.25) is 0 Å². The molecule has 1 aliphatic rings. The van der Waals surface area contributed by atoms with E-state index in [1.165, 1.54) is 13.2 Å². The third-order valence-corrected chi connectivity index (χ3v) is 6.18. The molecule has 0 bridgehead atoms. The number of rotatable bonds is 4. The monoisotopic (exact) mass is 356 g/mol. The Hall–Kier alpha value is -1.05. The number of sulfone groups is 1. The average Bonchev–Trinajstić information content (AvgIpc) is 2.76. The lowest BCUT2D eigenvalue weighted by atomic mass is 9.78. The van der Waals surface area contributed by atoms with Gasteiger partial charge in [-0.25, -0.2) is 8.42 Å². The van der Waals surface area contributed by atoms with Gasteiger partial charge in [-0.1, -0.05) is 26.8 Å². The van der Waals surface area contributed by atoms with Crippen molar-refractivity contribution in [1.82, 2.24) is 0 Å². The first-order valence-corrected chi connectivity index (χ1v) is 9.95. The number of methoxy groups -OCH3 is 1. The molecule has 1 aromatic carbocycles. The Labute approximate surface area is 146 Å². The maximum atomic E-state index is 12.0. The van der Waals surface area contributed by atoms with E-state index in [1.807, 2.05) is 41.5 Å². The second-order valence-electron chi connectivity index (χ2n) is 6.40. The van der Waals surface area contributed by atoms with Crippen LogP contribution in [0.5, 0.6) is 5.75 Å². The van der Waals surface area contributed by atoms with Gasteiger partial charge < -0.3 is 14.0 Å². The minimum atomic E-state index is -3.28. The van der Waals surface area contributed by atoms with Crippen LogP contribution in [-0.4, -0.2) is 39.6 Å². The van der Waals surface area contributed by atoms with Crippen molar-refractivity contribution in [3.8, 4) is 5.75 Å². The maximum absolute atomic E-state index is 12.0. The first-order valence-electron chi connectivity index (χ1n) is 8.30. The predicted molar refractivity (Wildman–Crippen MR) is 97.8 cm³/mol. The topological polar surface area (TPSA) is 61.8 Å². The molecule has 2 rings (SSSR count). The van der Waals surface area contributed by atoms with Gasteiger partial charge in [0.2, 0.25) is 0 Å². The summed E-state index contributed by atoms with van der Waals surface area (Å²) in [6, 6.07) is 4.80. The maximum Gasteiger partial charge on any atom is 0.498 e. The third-order valence-electron chi connectivity index (χ3n) is 4.45. The summed E-state index contributed by atoms with van der Waals surface area (Å²) in [5.41, 5.74) is -0.232. The SMILES string of the molecule is CC.CCS(=O)(=O)c1ccc(B2OC(C)(C)C(C)(C)O2)c(OC)c1. The van der Waals surface area contributed by atoms with E-state index in [0.717, 1.165) is 0 Å². The van der Waals surface area contributed by atoms with Crippen molar-refractivity contribution in [2.45, 2.75) is 64.6 Å². The van der Waals surface area contributed by atoms with E-state index in [4.69, 9.17) is 14.0 Å². The largest absolute Gasteiger partial charge is 0.498 e. The van der Waals surface area contributed by atoms with Gasteiger partial charge in [0, 0.05) is 5.46 Å². The van der Waals surface area contributed by atoms with Gasteiger partial charge in [0.25, 0.3) is 0 Å². The highest BCUT2D eigenvalue weighted by atomic mass is 32.2. The molecule has 0 saturated carbocycles. The van der Waals surface area contributed by atoms with Gasteiger partial charge in [0.1, 0.15) is 5.75 Å². The molecular weight excluding hydrogens is 327 g/mol. The molecule has 1 aliphatic heterocycles. The molecule has 1 fully saturated rings. The van der Waals surface area contributed by atoms with Crippen molar-refractivity contribution in [1.29, 1.82) is 0 Å². The first kappa shape index (κ1) is 21.0. The summed E-state index contributed by atoms with van der Waals surface area (Å²) in [7, 11) is -2.36. The lowest BCUT2D eigenvalue weighted by molar-refractivity contribution is 0.00578. The summed E-state index contributed by atoms with van der Waals surface area (Å²) in [5.74, 6) is 0.499. The van der Waals surface area contributed by atoms with Crippen LogP contribution in [0.3, 0.4) is 0 Å². The van der Waals surface area contributed by atoms with Crippen molar-refractivity contribution in [3.05, 3.63) is 18.2 Å². The molecule has 0 spiro atoms. The highest BCUT2D eigenvalue weighted by Crippen LogP contribution is 2.37. The van der Waals surface area contributed by atoms with Gasteiger partial charge in [-0.15, -0.1) is 0 Å². The first-order chi connectivity index (χ1) is 11.0. The van der Waals surface area contributed by atoms with E-state index < -0.39 is 28.2 Å². The summed E-state index contributed by atoms with van der Waals surface area (Å²) in [6.45, 7) is 13.5. The molecule has 0 aromatic heterocycles. The van der Waals surface area contributed by atoms with Crippen LogP contribution in [0.1, 0.15) is 48.5 Å². The van der Waals surface area contributed by atoms with E-state index in [2.05, 4.69) is 0 Å². The molecule has 0 amide bonds. The number of hydrogen-bond donors (Lipinski definition) is 0. The van der Waals surface area contributed by atoms with E-state index in [-0.39, 0.29) is 10.6 Å². The summed E-state index contributed by atoms with van der Waals surface area (Å²) in [6.07, 6.45) is 0. The lowest BCUT2D eigenvalue weighted by Gasteiger charge is -2.32. The van der Waals surface area contributed by atoms with Crippen molar-refractivity contribution < 1.29 is 22.5 Å². The molecule has 136 valence electrons. The van der Waals surface area contributed by atoms with Crippen LogP contribution in [0.15, 0.2) is 23.1 Å². The average molecular weight is 356 g/mol. The second-order valence-corrected chi connectivity index (χ2v) is 8.67. The minimum Gasteiger partial charge on any atom is -0.497 e. The van der Waals surface area contributed by atoms with Crippen LogP contribution in [-0.2, 0) is 19.1 Å². The van der Waals surface area contributed by atoms with Crippen LogP contribution < -0.4 is 10.2 Å². The van der Waals surface area contributed by atoms with Gasteiger partial charge in [0.15, 0.2) is 9.84 Å². The van der Waals surface area contributed by atoms with E-state index >= 15 is 0 Å². The third kappa shape index (κ3) is 3.95. The van der Waals surface area contributed by atoms with Gasteiger partial charge >= 0.3 is 7.12 Å². The Bertz CT molecular complexity index is 652. The zero-order valence-corrected chi connectivity index (χ0v) is 16.8. The van der Waals surface area contributed by atoms with Gasteiger partial charge in [-0.2, -0.15) is 0 Å². The Balaban J connectivity index is 0.00000139. The zero-order chi connectivity index (χ0) is 18.8. The summed E-state index contributed by atoms with van der Waals surface area (Å²) in [4.78, 5) is 0.243. The number of benzene rings is 1. The van der Waals surface area contributed by atoms with E-state index in [1.54, 1.807) is 19.1 Å². The lowest BCUT2D eigenvalue weighted by Crippen LogP contribution is -2.41. The Morgan fingerprint density at radius 1 is 1.08 bits per heavy atom. The molecule has 0 N–H and O–H groups in total. The molecule has 1 saturated heterocycles. The Morgan fingerprint density at radius 3 is 2.00 bits per heavy atom. The fourth-order valence-electron chi connectivity index (χ4n) is 2.22. The van der Waals surface area contributed by atoms with Crippen LogP contribution in [0, 0.1) is 0 Å². The zero-order valence-electron chi connectivity index (χ0n) is 16.0. The van der Waals surface area contributed by atoms with Crippen molar-refractivity contribution in [3.63, 3.8) is 0 Å². The smallest absolute Gasteiger partial charge is 0.497 e. The summed E-state index contributed by atoms with van der Waals surface area (Å²) >= 11 is 0. The van der Waals surface area contributed by atoms with Crippen molar-refractivity contribution >= 4 is 22.4 Å². The van der Waals surface area contributed by atoms with Crippen molar-refractivity contribution in [2.24, 2.45) is 0 Å². The second kappa shape index (κ2) is 7.46. The molecule has 0 aliphatic carbocycles. The molecule has 1 heterocycles. The quantitative estimate of drug-likeness (QED) is 0.777. The normalized spacial score (nSPS) is 18.8. The Morgan fingerprint density at radius 2 is 1.58 bits per heavy atom.